The minimum atomic E-state index is -1.20. The zero-order valence-corrected chi connectivity index (χ0v) is 11.5. The lowest BCUT2D eigenvalue weighted by Crippen LogP contribution is -2.38. The van der Waals surface area contributed by atoms with Gasteiger partial charge in [0.1, 0.15) is 6.29 Å². The van der Waals surface area contributed by atoms with E-state index in [0.29, 0.717) is 17.4 Å². The van der Waals surface area contributed by atoms with Gasteiger partial charge in [-0.05, 0) is 0 Å². The van der Waals surface area contributed by atoms with Gasteiger partial charge < -0.3 is 18.9 Å². The quantitative estimate of drug-likeness (QED) is 0.594. The molecule has 1 saturated heterocycles. The molecule has 1 fully saturated rings. The van der Waals surface area contributed by atoms with Crippen LogP contribution in [0.5, 0.6) is 0 Å². The Balaban J connectivity index is 2.20. The maximum absolute atomic E-state index is 11.6. The predicted molar refractivity (Wildman–Crippen MR) is 68.3 cm³/mol. The van der Waals surface area contributed by atoms with Gasteiger partial charge in [0, 0.05) is 11.1 Å². The zero-order valence-electron chi connectivity index (χ0n) is 11.5. The van der Waals surface area contributed by atoms with E-state index in [4.69, 9.17) is 9.47 Å². The fourth-order valence-electron chi connectivity index (χ4n) is 1.92. The number of methoxy groups -OCH3 is 2. The number of rotatable bonds is 4. The summed E-state index contributed by atoms with van der Waals surface area (Å²) in [6, 6.07) is 6.38. The molecule has 0 radical (unpaired) electrons. The summed E-state index contributed by atoms with van der Waals surface area (Å²) in [6.45, 7) is 0. The normalized spacial score (nSPS) is 24.4. The van der Waals surface area contributed by atoms with Crippen molar-refractivity contribution >= 4 is 18.2 Å². The summed E-state index contributed by atoms with van der Waals surface area (Å²) in [5, 5.41) is 0. The number of esters is 2. The maximum atomic E-state index is 11.6. The second-order valence-corrected chi connectivity index (χ2v) is 4.28. The minimum absolute atomic E-state index is 0.491. The van der Waals surface area contributed by atoms with Crippen LogP contribution in [-0.2, 0) is 28.5 Å². The van der Waals surface area contributed by atoms with Gasteiger partial charge in [0.25, 0.3) is 0 Å². The number of aldehydes is 1. The Morgan fingerprint density at radius 2 is 1.48 bits per heavy atom. The fourth-order valence-corrected chi connectivity index (χ4v) is 1.92. The van der Waals surface area contributed by atoms with Crippen molar-refractivity contribution in [2.45, 2.75) is 18.5 Å². The van der Waals surface area contributed by atoms with Gasteiger partial charge in [-0.15, -0.1) is 0 Å². The second kappa shape index (κ2) is 6.47. The van der Waals surface area contributed by atoms with E-state index in [1.165, 1.54) is 14.2 Å². The molecule has 0 aliphatic carbocycles. The van der Waals surface area contributed by atoms with Gasteiger partial charge >= 0.3 is 11.9 Å². The van der Waals surface area contributed by atoms with Gasteiger partial charge in [-0.2, -0.15) is 0 Å². The zero-order chi connectivity index (χ0) is 15.4. The van der Waals surface area contributed by atoms with E-state index in [1.807, 2.05) is 0 Å². The Morgan fingerprint density at radius 1 is 1.00 bits per heavy atom. The summed E-state index contributed by atoms with van der Waals surface area (Å²) in [5.41, 5.74) is 1.06. The highest BCUT2D eigenvalue weighted by molar-refractivity contribution is 5.86. The van der Waals surface area contributed by atoms with Crippen molar-refractivity contribution in [3.63, 3.8) is 0 Å². The topological polar surface area (TPSA) is 88.1 Å². The molecule has 0 spiro atoms. The largest absolute Gasteiger partial charge is 0.467 e. The third-order valence-electron chi connectivity index (χ3n) is 3.03. The van der Waals surface area contributed by atoms with Gasteiger partial charge in [0.15, 0.2) is 18.5 Å². The summed E-state index contributed by atoms with van der Waals surface area (Å²) in [6.07, 6.45) is -2.61. The van der Waals surface area contributed by atoms with Gasteiger partial charge in [0.05, 0.1) is 14.2 Å². The molecule has 1 aliphatic heterocycles. The lowest BCUT2D eigenvalue weighted by molar-refractivity contribution is -0.160. The highest BCUT2D eigenvalue weighted by atomic mass is 16.8. The molecule has 0 saturated carbocycles. The van der Waals surface area contributed by atoms with Crippen molar-refractivity contribution in [2.24, 2.45) is 0 Å². The molecule has 7 heteroatoms. The number of hydrogen-bond donors (Lipinski definition) is 0. The summed E-state index contributed by atoms with van der Waals surface area (Å²) in [5.74, 6) is -1.45. The Morgan fingerprint density at radius 3 is 1.86 bits per heavy atom. The molecule has 112 valence electrons. The van der Waals surface area contributed by atoms with Crippen molar-refractivity contribution in [1.29, 1.82) is 0 Å². The van der Waals surface area contributed by atoms with E-state index in [0.717, 1.165) is 0 Å². The van der Waals surface area contributed by atoms with Crippen LogP contribution in [0.3, 0.4) is 0 Å². The van der Waals surface area contributed by atoms with Gasteiger partial charge in [-0.3, -0.25) is 4.79 Å². The van der Waals surface area contributed by atoms with E-state index in [2.05, 4.69) is 9.47 Å². The Hall–Kier alpha value is -2.25. The molecule has 0 bridgehead atoms. The van der Waals surface area contributed by atoms with Crippen LogP contribution >= 0.6 is 0 Å². The SMILES string of the molecule is COC(=O)C1OC(c2ccc(C=O)cc2)OC1C(=O)OC. The highest BCUT2D eigenvalue weighted by Gasteiger charge is 2.47. The number of hydrogen-bond acceptors (Lipinski definition) is 7. The molecule has 1 aromatic rings. The van der Waals surface area contributed by atoms with Crippen LogP contribution in [0, 0.1) is 0 Å². The van der Waals surface area contributed by atoms with Crippen molar-refractivity contribution < 1.29 is 33.3 Å². The first-order valence-corrected chi connectivity index (χ1v) is 6.12. The van der Waals surface area contributed by atoms with Gasteiger partial charge in [-0.25, -0.2) is 9.59 Å². The lowest BCUT2D eigenvalue weighted by atomic mass is 10.1. The third kappa shape index (κ3) is 3.09. The van der Waals surface area contributed by atoms with Crippen molar-refractivity contribution in [3.8, 4) is 0 Å². The van der Waals surface area contributed by atoms with Crippen molar-refractivity contribution in [2.75, 3.05) is 14.2 Å². The predicted octanol–water partition coefficient (Wildman–Crippen LogP) is 0.628. The summed E-state index contributed by atoms with van der Waals surface area (Å²) >= 11 is 0. The average molecular weight is 294 g/mol. The van der Waals surface area contributed by atoms with Crippen molar-refractivity contribution in [3.05, 3.63) is 35.4 Å². The van der Waals surface area contributed by atoms with E-state index >= 15 is 0 Å². The maximum Gasteiger partial charge on any atom is 0.338 e. The first kappa shape index (κ1) is 15.1. The van der Waals surface area contributed by atoms with E-state index in [1.54, 1.807) is 24.3 Å². The van der Waals surface area contributed by atoms with Crippen LogP contribution in [0.2, 0.25) is 0 Å². The molecular formula is C14H14O7. The molecule has 1 aromatic carbocycles. The van der Waals surface area contributed by atoms with E-state index in [-0.39, 0.29) is 0 Å². The first-order chi connectivity index (χ1) is 10.1. The molecule has 21 heavy (non-hydrogen) atoms. The average Bonchev–Trinajstić information content (AvgIpc) is 2.98. The van der Waals surface area contributed by atoms with E-state index < -0.39 is 30.4 Å². The molecule has 0 aromatic heterocycles. The Bertz CT molecular complexity index is 513. The minimum Gasteiger partial charge on any atom is -0.467 e. The molecular weight excluding hydrogens is 280 g/mol. The first-order valence-electron chi connectivity index (χ1n) is 6.12. The van der Waals surface area contributed by atoms with Crippen LogP contribution in [0.25, 0.3) is 0 Å². The van der Waals surface area contributed by atoms with Crippen LogP contribution in [0.1, 0.15) is 22.2 Å². The number of benzene rings is 1. The number of carbonyl (C=O) groups is 3. The number of carbonyl (C=O) groups excluding carboxylic acids is 3. The van der Waals surface area contributed by atoms with Crippen LogP contribution in [0.4, 0.5) is 0 Å². The molecule has 0 amide bonds. The molecule has 2 atom stereocenters. The molecule has 1 heterocycles. The van der Waals surface area contributed by atoms with Crippen molar-refractivity contribution in [1.82, 2.24) is 0 Å². The Labute approximate surface area is 120 Å². The molecule has 2 unspecified atom stereocenters. The summed E-state index contributed by atoms with van der Waals surface area (Å²) < 4.78 is 20.0. The van der Waals surface area contributed by atoms with E-state index in [9.17, 15) is 14.4 Å². The molecule has 7 nitrogen and oxygen atoms in total. The molecule has 2 rings (SSSR count). The smallest absolute Gasteiger partial charge is 0.338 e. The fraction of sp³-hybridized carbons (Fsp3) is 0.357. The molecule has 1 aliphatic rings. The Kier molecular flexibility index (Phi) is 4.66. The highest BCUT2D eigenvalue weighted by Crippen LogP contribution is 2.32. The number of ether oxygens (including phenoxy) is 4. The van der Waals surface area contributed by atoms with Gasteiger partial charge in [-0.1, -0.05) is 24.3 Å². The third-order valence-corrected chi connectivity index (χ3v) is 3.03. The second-order valence-electron chi connectivity index (χ2n) is 4.28. The molecule has 0 N–H and O–H groups in total. The standard InChI is InChI=1S/C14H14O7/c1-18-12(16)10-11(13(17)19-2)21-14(20-10)9-5-3-8(7-15)4-6-9/h3-7,10-11,14H,1-2H3. The van der Waals surface area contributed by atoms with Crippen LogP contribution < -0.4 is 0 Å². The van der Waals surface area contributed by atoms with Crippen LogP contribution in [0.15, 0.2) is 24.3 Å². The monoisotopic (exact) mass is 294 g/mol. The van der Waals surface area contributed by atoms with Crippen LogP contribution in [-0.4, -0.2) is 44.7 Å². The summed E-state index contributed by atoms with van der Waals surface area (Å²) in [7, 11) is 2.37. The summed E-state index contributed by atoms with van der Waals surface area (Å²) in [4.78, 5) is 33.9. The lowest BCUT2D eigenvalue weighted by Gasteiger charge is -2.11. The van der Waals surface area contributed by atoms with Gasteiger partial charge in [0.2, 0.25) is 0 Å².